The Morgan fingerprint density at radius 1 is 1.17 bits per heavy atom. The summed E-state index contributed by atoms with van der Waals surface area (Å²) in [6, 6.07) is 0. The van der Waals surface area contributed by atoms with E-state index in [2.05, 4.69) is 0 Å². The van der Waals surface area contributed by atoms with Crippen LogP contribution in [0.3, 0.4) is 0 Å². The molecule has 0 unspecified atom stereocenters. The fraction of sp³-hybridized carbons (Fsp3) is 0. The van der Waals surface area contributed by atoms with E-state index in [0.29, 0.717) is 0 Å². The molecule has 0 aliphatic heterocycles. The minimum atomic E-state index is 0. The van der Waals surface area contributed by atoms with Gasteiger partial charge in [-0.25, -0.2) is 0 Å². The van der Waals surface area contributed by atoms with Crippen molar-refractivity contribution in [3.63, 3.8) is 0 Å². The van der Waals surface area contributed by atoms with Gasteiger partial charge in [-0.1, -0.05) is 0 Å². The van der Waals surface area contributed by atoms with Crippen LogP contribution in [0.2, 0.25) is 0 Å². The summed E-state index contributed by atoms with van der Waals surface area (Å²) >= 11 is 0. The van der Waals surface area contributed by atoms with E-state index >= 15 is 0 Å². The molecule has 0 aromatic carbocycles. The normalized spacial score (nSPS) is 0. The van der Waals surface area contributed by atoms with E-state index in [1.165, 1.54) is 0 Å². The van der Waals surface area contributed by atoms with Gasteiger partial charge in [0.25, 0.3) is 0 Å². The molecule has 0 aliphatic rings. The molecule has 0 N–H and O–H groups in total. The van der Waals surface area contributed by atoms with Crippen molar-refractivity contribution in [2.75, 3.05) is 0 Å². The van der Waals surface area contributed by atoms with Gasteiger partial charge in [-0.3, -0.25) is 0 Å². The van der Waals surface area contributed by atoms with Crippen LogP contribution in [0.4, 0.5) is 0 Å². The summed E-state index contributed by atoms with van der Waals surface area (Å²) in [5, 5.41) is 0. The van der Waals surface area contributed by atoms with Gasteiger partial charge in [-0.2, -0.15) is 0 Å². The van der Waals surface area contributed by atoms with E-state index in [0.717, 1.165) is 0 Å². The zero-order valence-corrected chi connectivity index (χ0v) is 11.6. The SMILES string of the molecule is [Fe].[H-].[H-].[Mg+2].[Mn].[Mo].[Pt].[Si]. The zero-order chi connectivity index (χ0) is 0. The Bertz CT molecular complexity index is 22.0. The molecule has 6 heavy (non-hydrogen) atoms. The van der Waals surface area contributed by atoms with Gasteiger partial charge in [0.05, 0.1) is 0 Å². The molecule has 0 atom stereocenters. The summed E-state index contributed by atoms with van der Waals surface area (Å²) < 4.78 is 0. The molecule has 0 heterocycles. The number of hydrogen-bond donors (Lipinski definition) is 0. The molecule has 0 spiro atoms. The Labute approximate surface area is 111 Å². The molecular formula is H2FeMgMnMoPtSi. The average Bonchev–Trinajstić information content (AvgIpc) is 0. The molecule has 0 fully saturated rings. The molecule has 0 rings (SSSR count). The van der Waals surface area contributed by atoms with Crippen molar-refractivity contribution in [3.05, 3.63) is 0 Å². The fourth-order valence-electron chi connectivity index (χ4n) is 0. The summed E-state index contributed by atoms with van der Waals surface area (Å²) in [4.78, 5) is 0. The van der Waals surface area contributed by atoms with E-state index in [1.54, 1.807) is 0 Å². The molecular weight excluding hydrogens is 454 g/mol. The third kappa shape index (κ3) is 26.2. The van der Waals surface area contributed by atoms with E-state index in [4.69, 9.17) is 0 Å². The first-order chi connectivity index (χ1) is 0. The van der Waals surface area contributed by atoms with Crippen LogP contribution in [0.5, 0.6) is 0 Å². The Morgan fingerprint density at radius 3 is 1.17 bits per heavy atom. The van der Waals surface area contributed by atoms with Gasteiger partial charge < -0.3 is 2.85 Å². The van der Waals surface area contributed by atoms with Crippen molar-refractivity contribution < 1.29 is 79.1 Å². The van der Waals surface area contributed by atoms with Crippen molar-refractivity contribution in [2.45, 2.75) is 0 Å². The molecule has 0 aliphatic carbocycles. The second-order valence-electron chi connectivity index (χ2n) is 0. The van der Waals surface area contributed by atoms with Crippen molar-refractivity contribution in [3.8, 4) is 0 Å². The Kier molecular flexibility index (Phi) is 381. The minimum Gasteiger partial charge on any atom is -1.00 e. The van der Waals surface area contributed by atoms with Gasteiger partial charge in [0.1, 0.15) is 0 Å². The Morgan fingerprint density at radius 2 is 1.17 bits per heavy atom. The topological polar surface area (TPSA) is 0 Å². The molecule has 0 amide bonds. The van der Waals surface area contributed by atoms with Crippen LogP contribution in [0, 0.1) is 0 Å². The van der Waals surface area contributed by atoms with E-state index < -0.39 is 0 Å². The first-order valence-corrected chi connectivity index (χ1v) is 0. The van der Waals surface area contributed by atoms with Crippen molar-refractivity contribution in [2.24, 2.45) is 0 Å². The first-order valence-electron chi connectivity index (χ1n) is 0. The van der Waals surface area contributed by atoms with Crippen LogP contribution in [-0.4, -0.2) is 34.0 Å². The maximum absolute atomic E-state index is 0. The number of rotatable bonds is 0. The predicted octanol–water partition coefficient (Wildman–Crippen LogP) is -0.547. The van der Waals surface area contributed by atoms with Gasteiger partial charge >= 0.3 is 23.1 Å². The first kappa shape index (κ1) is 57.4. The third-order valence-electron chi connectivity index (χ3n) is 0. The second kappa shape index (κ2) is 39.8. The molecule has 39 valence electrons. The quantitative estimate of drug-likeness (QED) is 0.430. The van der Waals surface area contributed by atoms with Gasteiger partial charge in [0.15, 0.2) is 0 Å². The largest absolute Gasteiger partial charge is 2.00 e. The minimum absolute atomic E-state index is 0. The third-order valence-corrected chi connectivity index (χ3v) is 0. The summed E-state index contributed by atoms with van der Waals surface area (Å²) in [5.41, 5.74) is 0. The predicted molar refractivity (Wildman–Crippen MR) is 13.7 cm³/mol. The van der Waals surface area contributed by atoms with Crippen LogP contribution < -0.4 is 0 Å². The van der Waals surface area contributed by atoms with Crippen LogP contribution >= 0.6 is 0 Å². The van der Waals surface area contributed by atoms with Crippen LogP contribution in [0.25, 0.3) is 0 Å². The maximum atomic E-state index is 0. The van der Waals surface area contributed by atoms with Crippen molar-refractivity contribution in [1.29, 1.82) is 0 Å². The van der Waals surface area contributed by atoms with Crippen LogP contribution in [0.1, 0.15) is 2.85 Å². The Hall–Kier alpha value is 3.40. The molecule has 0 nitrogen and oxygen atoms in total. The van der Waals surface area contributed by atoms with E-state index in [1.807, 2.05) is 0 Å². The van der Waals surface area contributed by atoms with Crippen molar-refractivity contribution >= 4 is 34.0 Å². The van der Waals surface area contributed by atoms with Gasteiger partial charge in [-0.15, -0.1) is 0 Å². The fourth-order valence-corrected chi connectivity index (χ4v) is 0. The molecule has 0 saturated heterocycles. The summed E-state index contributed by atoms with van der Waals surface area (Å²) in [5.74, 6) is 0. The smallest absolute Gasteiger partial charge is 1.00 e. The second-order valence-corrected chi connectivity index (χ2v) is 0. The maximum Gasteiger partial charge on any atom is 2.00 e. The molecule has 5 radical (unpaired) electrons. The molecule has 0 aromatic heterocycles. The van der Waals surface area contributed by atoms with Gasteiger partial charge in [-0.05, 0) is 0 Å². The van der Waals surface area contributed by atoms with E-state index in [-0.39, 0.29) is 113 Å². The van der Waals surface area contributed by atoms with Crippen molar-refractivity contribution in [1.82, 2.24) is 0 Å². The molecule has 6 heteroatoms. The molecule has 0 aromatic rings. The number of hydrogen-bond acceptors (Lipinski definition) is 0. The Balaban J connectivity index is 0. The van der Waals surface area contributed by atoms with Crippen LogP contribution in [-0.2, 0) is 76.3 Å². The average molecular weight is 456 g/mol. The monoisotopic (exact) mass is 458 g/mol. The molecule has 0 saturated carbocycles. The van der Waals surface area contributed by atoms with Gasteiger partial charge in [0.2, 0.25) is 0 Å². The standard InChI is InChI=1S/Fe.Mg.Mn.Mo.Pt.Si.2H/q;+2;;;;;2*-1. The zero-order valence-electron chi connectivity index (χ0n) is 4.66. The van der Waals surface area contributed by atoms with Crippen LogP contribution in [0.15, 0.2) is 0 Å². The summed E-state index contributed by atoms with van der Waals surface area (Å²) in [7, 11) is 0. The summed E-state index contributed by atoms with van der Waals surface area (Å²) in [6.45, 7) is 0. The van der Waals surface area contributed by atoms with E-state index in [9.17, 15) is 0 Å². The molecule has 0 bridgehead atoms. The summed E-state index contributed by atoms with van der Waals surface area (Å²) in [6.07, 6.45) is 0. The van der Waals surface area contributed by atoms with Gasteiger partial charge in [0, 0.05) is 87.2 Å².